The highest BCUT2D eigenvalue weighted by Gasteiger charge is 2.17. The zero-order valence-electron chi connectivity index (χ0n) is 14.8. The van der Waals surface area contributed by atoms with Crippen LogP contribution in [-0.2, 0) is 0 Å². The third kappa shape index (κ3) is 2.88. The van der Waals surface area contributed by atoms with E-state index in [0.717, 1.165) is 16.6 Å². The Kier molecular flexibility index (Phi) is 4.56. The number of ether oxygens (including phenoxy) is 5. The second kappa shape index (κ2) is 6.80. The van der Waals surface area contributed by atoms with Crippen LogP contribution < -0.4 is 23.7 Å². The molecule has 2 aromatic carbocycles. The Labute approximate surface area is 145 Å². The fourth-order valence-electron chi connectivity index (χ4n) is 2.68. The van der Waals surface area contributed by atoms with Crippen LogP contribution in [0.1, 0.15) is 0 Å². The average Bonchev–Trinajstić information content (AvgIpc) is 3.08. The molecule has 0 aliphatic rings. The zero-order valence-corrected chi connectivity index (χ0v) is 14.8. The van der Waals surface area contributed by atoms with E-state index in [1.54, 1.807) is 41.6 Å². The summed E-state index contributed by atoms with van der Waals surface area (Å²) in [7, 11) is 7.95. The van der Waals surface area contributed by atoms with Gasteiger partial charge in [-0.05, 0) is 6.07 Å². The number of nitrogens with zero attached hydrogens (tertiary/aromatic N) is 1. The standard InChI is InChI=1S/C18H20N2O5/c1-21-13-9-17(25-5)14(22-2)6-10(13)18-19-11-7-15(23-3)16(24-4)8-12(11)20-18/h6-9H,1-5H3,(H,19,20). The second-order valence-electron chi connectivity index (χ2n) is 5.22. The van der Waals surface area contributed by atoms with Gasteiger partial charge in [0.2, 0.25) is 0 Å². The molecule has 0 aliphatic heterocycles. The van der Waals surface area contributed by atoms with Crippen LogP contribution in [0.15, 0.2) is 24.3 Å². The number of fused-ring (bicyclic) bond motifs is 1. The monoisotopic (exact) mass is 344 g/mol. The third-order valence-electron chi connectivity index (χ3n) is 3.95. The van der Waals surface area contributed by atoms with Crippen LogP contribution in [0.4, 0.5) is 0 Å². The minimum atomic E-state index is 0.586. The average molecular weight is 344 g/mol. The van der Waals surface area contributed by atoms with Gasteiger partial charge in [-0.15, -0.1) is 0 Å². The van der Waals surface area contributed by atoms with Gasteiger partial charge in [0.1, 0.15) is 11.6 Å². The van der Waals surface area contributed by atoms with Crippen LogP contribution in [0.5, 0.6) is 28.7 Å². The van der Waals surface area contributed by atoms with Crippen molar-refractivity contribution in [1.82, 2.24) is 9.97 Å². The molecule has 7 heteroatoms. The normalized spacial score (nSPS) is 10.6. The van der Waals surface area contributed by atoms with Gasteiger partial charge in [-0.25, -0.2) is 4.98 Å². The van der Waals surface area contributed by atoms with E-state index in [1.807, 2.05) is 18.2 Å². The molecule has 3 aromatic rings. The van der Waals surface area contributed by atoms with E-state index in [1.165, 1.54) is 0 Å². The Morgan fingerprint density at radius 1 is 0.640 bits per heavy atom. The maximum absolute atomic E-state index is 5.48. The highest BCUT2D eigenvalue weighted by atomic mass is 16.5. The summed E-state index contributed by atoms with van der Waals surface area (Å²) in [5.41, 5.74) is 2.34. The number of hydrogen-bond acceptors (Lipinski definition) is 6. The molecule has 0 radical (unpaired) electrons. The minimum Gasteiger partial charge on any atom is -0.496 e. The predicted molar refractivity (Wildman–Crippen MR) is 94.3 cm³/mol. The lowest BCUT2D eigenvalue weighted by atomic mass is 10.1. The van der Waals surface area contributed by atoms with E-state index in [2.05, 4.69) is 9.97 Å². The molecule has 0 atom stereocenters. The van der Waals surface area contributed by atoms with Crippen molar-refractivity contribution in [3.8, 4) is 40.1 Å². The zero-order chi connectivity index (χ0) is 18.0. The predicted octanol–water partition coefficient (Wildman–Crippen LogP) is 3.27. The SMILES string of the molecule is COc1cc(OC)c(-c2nc3cc(OC)c(OC)cc3[nH]2)cc1OC. The summed E-state index contributed by atoms with van der Waals surface area (Å²) < 4.78 is 26.9. The van der Waals surface area contributed by atoms with Crippen molar-refractivity contribution in [3.63, 3.8) is 0 Å². The lowest BCUT2D eigenvalue weighted by molar-refractivity contribution is 0.349. The first-order chi connectivity index (χ1) is 12.1. The summed E-state index contributed by atoms with van der Waals surface area (Å²) in [6, 6.07) is 7.26. The topological polar surface area (TPSA) is 74.8 Å². The largest absolute Gasteiger partial charge is 0.496 e. The third-order valence-corrected chi connectivity index (χ3v) is 3.95. The molecular weight excluding hydrogens is 324 g/mol. The van der Waals surface area contributed by atoms with Gasteiger partial charge >= 0.3 is 0 Å². The summed E-state index contributed by atoms with van der Waals surface area (Å²) in [6.07, 6.45) is 0. The minimum absolute atomic E-state index is 0.586. The summed E-state index contributed by atoms with van der Waals surface area (Å²) >= 11 is 0. The lowest BCUT2D eigenvalue weighted by Crippen LogP contribution is -1.95. The van der Waals surface area contributed by atoms with Crippen LogP contribution in [0, 0.1) is 0 Å². The summed E-state index contributed by atoms with van der Waals surface area (Å²) in [6.45, 7) is 0. The molecule has 0 spiro atoms. The fourth-order valence-corrected chi connectivity index (χ4v) is 2.68. The Morgan fingerprint density at radius 2 is 1.16 bits per heavy atom. The van der Waals surface area contributed by atoms with Crippen molar-refractivity contribution in [2.24, 2.45) is 0 Å². The maximum atomic E-state index is 5.48. The van der Waals surface area contributed by atoms with E-state index in [-0.39, 0.29) is 0 Å². The quantitative estimate of drug-likeness (QED) is 0.740. The Hall–Kier alpha value is -3.09. The van der Waals surface area contributed by atoms with E-state index in [4.69, 9.17) is 23.7 Å². The number of imidazole rings is 1. The van der Waals surface area contributed by atoms with E-state index < -0.39 is 0 Å². The number of hydrogen-bond donors (Lipinski definition) is 1. The molecule has 0 amide bonds. The maximum Gasteiger partial charge on any atom is 0.164 e. The molecule has 1 heterocycles. The Bertz CT molecular complexity index is 863. The number of H-pyrrole nitrogens is 1. The molecule has 7 nitrogen and oxygen atoms in total. The van der Waals surface area contributed by atoms with E-state index >= 15 is 0 Å². The molecule has 0 aliphatic carbocycles. The summed E-state index contributed by atoms with van der Waals surface area (Å²) in [4.78, 5) is 7.92. The van der Waals surface area contributed by atoms with Gasteiger partial charge in [0.05, 0.1) is 52.1 Å². The first-order valence-corrected chi connectivity index (χ1v) is 7.57. The first-order valence-electron chi connectivity index (χ1n) is 7.57. The molecule has 1 aromatic heterocycles. The molecule has 0 bridgehead atoms. The van der Waals surface area contributed by atoms with Crippen LogP contribution in [0.2, 0.25) is 0 Å². The number of benzene rings is 2. The Morgan fingerprint density at radius 3 is 1.76 bits per heavy atom. The highest BCUT2D eigenvalue weighted by molar-refractivity contribution is 5.84. The van der Waals surface area contributed by atoms with Gasteiger partial charge in [0.15, 0.2) is 23.0 Å². The second-order valence-corrected chi connectivity index (χ2v) is 5.22. The van der Waals surface area contributed by atoms with Crippen molar-refractivity contribution in [3.05, 3.63) is 24.3 Å². The number of rotatable bonds is 6. The number of methoxy groups -OCH3 is 5. The molecule has 0 saturated heterocycles. The number of nitrogens with one attached hydrogen (secondary N) is 1. The van der Waals surface area contributed by atoms with Gasteiger partial charge in [-0.3, -0.25) is 0 Å². The van der Waals surface area contributed by atoms with Crippen molar-refractivity contribution in [2.75, 3.05) is 35.5 Å². The van der Waals surface area contributed by atoms with Crippen LogP contribution in [0.25, 0.3) is 22.4 Å². The van der Waals surface area contributed by atoms with Gasteiger partial charge < -0.3 is 28.7 Å². The van der Waals surface area contributed by atoms with E-state index in [0.29, 0.717) is 34.6 Å². The van der Waals surface area contributed by atoms with Crippen molar-refractivity contribution >= 4 is 11.0 Å². The first kappa shape index (κ1) is 16.8. The van der Waals surface area contributed by atoms with Gasteiger partial charge in [-0.1, -0.05) is 0 Å². The molecule has 25 heavy (non-hydrogen) atoms. The van der Waals surface area contributed by atoms with Crippen LogP contribution in [-0.4, -0.2) is 45.5 Å². The number of aromatic amines is 1. The summed E-state index contributed by atoms with van der Waals surface area (Å²) in [5.74, 6) is 3.69. The van der Waals surface area contributed by atoms with Crippen molar-refractivity contribution < 1.29 is 23.7 Å². The molecule has 1 N–H and O–H groups in total. The molecule has 3 rings (SSSR count). The van der Waals surface area contributed by atoms with Crippen molar-refractivity contribution in [2.45, 2.75) is 0 Å². The van der Waals surface area contributed by atoms with Crippen molar-refractivity contribution in [1.29, 1.82) is 0 Å². The molecule has 0 fully saturated rings. The smallest absolute Gasteiger partial charge is 0.164 e. The molecule has 132 valence electrons. The van der Waals surface area contributed by atoms with Crippen LogP contribution >= 0.6 is 0 Å². The van der Waals surface area contributed by atoms with Gasteiger partial charge in [0, 0.05) is 18.2 Å². The van der Waals surface area contributed by atoms with Crippen LogP contribution in [0.3, 0.4) is 0 Å². The molecular formula is C18H20N2O5. The fraction of sp³-hybridized carbons (Fsp3) is 0.278. The Balaban J connectivity index is 2.18. The number of aromatic nitrogens is 2. The highest BCUT2D eigenvalue weighted by Crippen LogP contribution is 2.40. The van der Waals surface area contributed by atoms with Gasteiger partial charge in [0.25, 0.3) is 0 Å². The lowest BCUT2D eigenvalue weighted by Gasteiger charge is -2.12. The summed E-state index contributed by atoms with van der Waals surface area (Å²) in [5, 5.41) is 0. The molecule has 0 saturated carbocycles. The van der Waals surface area contributed by atoms with E-state index in [9.17, 15) is 0 Å². The van der Waals surface area contributed by atoms with Gasteiger partial charge in [-0.2, -0.15) is 0 Å². The molecule has 0 unspecified atom stereocenters.